The van der Waals surface area contributed by atoms with Gasteiger partial charge in [0.2, 0.25) is 11.8 Å². The number of urea groups is 1. The second-order valence-electron chi connectivity index (χ2n) is 8.64. The SMILES string of the molecule is CC(C)CC(=O)N1CCN(C(=O)CCCCCNC(=O)N2CCC[C@H](O)C2)CC1. The van der Waals surface area contributed by atoms with Crippen molar-refractivity contribution in [2.24, 2.45) is 5.92 Å². The van der Waals surface area contributed by atoms with Gasteiger partial charge in [0.1, 0.15) is 0 Å². The lowest BCUT2D eigenvalue weighted by Gasteiger charge is -2.35. The summed E-state index contributed by atoms with van der Waals surface area (Å²) in [6.45, 7) is 8.31. The summed E-state index contributed by atoms with van der Waals surface area (Å²) in [6.07, 6.45) is 4.83. The van der Waals surface area contributed by atoms with E-state index in [2.05, 4.69) is 5.32 Å². The van der Waals surface area contributed by atoms with Crippen LogP contribution >= 0.6 is 0 Å². The van der Waals surface area contributed by atoms with E-state index in [-0.39, 0.29) is 17.8 Å². The van der Waals surface area contributed by atoms with Crippen molar-refractivity contribution >= 4 is 17.8 Å². The first kappa shape index (κ1) is 23.4. The molecule has 1 atom stereocenters. The Morgan fingerprint density at radius 2 is 1.59 bits per heavy atom. The van der Waals surface area contributed by atoms with Crippen LogP contribution in [0.5, 0.6) is 0 Å². The first-order valence-corrected chi connectivity index (χ1v) is 11.1. The fourth-order valence-electron chi connectivity index (χ4n) is 3.87. The summed E-state index contributed by atoms with van der Waals surface area (Å²) >= 11 is 0. The average Bonchev–Trinajstić information content (AvgIpc) is 2.69. The number of amides is 4. The Bertz CT molecular complexity index is 547. The lowest BCUT2D eigenvalue weighted by atomic mass is 10.1. The molecule has 8 heteroatoms. The lowest BCUT2D eigenvalue weighted by molar-refractivity contribution is -0.140. The van der Waals surface area contributed by atoms with Gasteiger partial charge < -0.3 is 25.1 Å². The van der Waals surface area contributed by atoms with Gasteiger partial charge in [-0.3, -0.25) is 9.59 Å². The van der Waals surface area contributed by atoms with E-state index in [1.54, 1.807) is 4.90 Å². The molecule has 2 aliphatic rings. The third-order valence-corrected chi connectivity index (χ3v) is 5.60. The molecule has 0 spiro atoms. The maximum Gasteiger partial charge on any atom is 0.317 e. The number of unbranched alkanes of at least 4 members (excludes halogenated alkanes) is 2. The number of likely N-dealkylation sites (tertiary alicyclic amines) is 1. The molecule has 2 N–H and O–H groups in total. The number of carbonyl (C=O) groups is 3. The Balaban J connectivity index is 1.52. The number of β-amino-alcohol motifs (C(OH)–C–C–N with tert-alkyl or cyclic N) is 1. The summed E-state index contributed by atoms with van der Waals surface area (Å²) in [4.78, 5) is 41.9. The highest BCUT2D eigenvalue weighted by molar-refractivity contribution is 5.78. The number of rotatable bonds is 8. The van der Waals surface area contributed by atoms with E-state index in [9.17, 15) is 19.5 Å². The maximum atomic E-state index is 12.4. The average molecular weight is 411 g/mol. The quantitative estimate of drug-likeness (QED) is 0.592. The van der Waals surface area contributed by atoms with E-state index in [4.69, 9.17) is 0 Å². The zero-order valence-corrected chi connectivity index (χ0v) is 18.1. The van der Waals surface area contributed by atoms with Gasteiger partial charge in [-0.2, -0.15) is 0 Å². The molecule has 2 heterocycles. The minimum Gasteiger partial charge on any atom is -0.391 e. The predicted molar refractivity (Wildman–Crippen MR) is 111 cm³/mol. The molecule has 2 rings (SSSR count). The molecule has 8 nitrogen and oxygen atoms in total. The van der Waals surface area contributed by atoms with Gasteiger partial charge in [0.15, 0.2) is 0 Å². The summed E-state index contributed by atoms with van der Waals surface area (Å²) in [6, 6.07) is -0.107. The number of carbonyl (C=O) groups excluding carboxylic acids is 3. The van der Waals surface area contributed by atoms with E-state index < -0.39 is 6.10 Å². The number of nitrogens with zero attached hydrogens (tertiary/aromatic N) is 3. The van der Waals surface area contributed by atoms with Crippen LogP contribution in [0.1, 0.15) is 58.8 Å². The van der Waals surface area contributed by atoms with Crippen LogP contribution < -0.4 is 5.32 Å². The van der Waals surface area contributed by atoms with Gasteiger partial charge in [-0.05, 0) is 31.6 Å². The summed E-state index contributed by atoms with van der Waals surface area (Å²) in [7, 11) is 0. The van der Waals surface area contributed by atoms with Crippen LogP contribution in [0.15, 0.2) is 0 Å². The molecule has 0 aromatic carbocycles. The first-order valence-electron chi connectivity index (χ1n) is 11.1. The van der Waals surface area contributed by atoms with Gasteiger partial charge in [0, 0.05) is 58.7 Å². The zero-order valence-electron chi connectivity index (χ0n) is 18.1. The van der Waals surface area contributed by atoms with Crippen molar-refractivity contribution in [1.29, 1.82) is 0 Å². The lowest BCUT2D eigenvalue weighted by Crippen LogP contribution is -2.50. The Hall–Kier alpha value is -1.83. The number of aliphatic hydroxyl groups excluding tert-OH is 1. The molecule has 0 saturated carbocycles. The van der Waals surface area contributed by atoms with Crippen LogP contribution in [0.3, 0.4) is 0 Å². The number of piperidine rings is 1. The summed E-state index contributed by atoms with van der Waals surface area (Å²) in [5.74, 6) is 0.707. The molecule has 166 valence electrons. The van der Waals surface area contributed by atoms with Crippen molar-refractivity contribution in [3.05, 3.63) is 0 Å². The largest absolute Gasteiger partial charge is 0.391 e. The molecular weight excluding hydrogens is 372 g/mol. The molecule has 0 aliphatic carbocycles. The van der Waals surface area contributed by atoms with E-state index >= 15 is 0 Å². The van der Waals surface area contributed by atoms with E-state index in [0.29, 0.717) is 64.6 Å². The second-order valence-corrected chi connectivity index (χ2v) is 8.64. The van der Waals surface area contributed by atoms with Gasteiger partial charge in [-0.15, -0.1) is 0 Å². The standard InChI is InChI=1S/C21H38N4O4/c1-17(2)15-20(28)24-13-11-23(12-14-24)19(27)8-4-3-5-9-22-21(29)25-10-6-7-18(26)16-25/h17-18,26H,3-16H2,1-2H3,(H,22,29)/t18-/m0/s1. The summed E-state index contributed by atoms with van der Waals surface area (Å²) < 4.78 is 0. The van der Waals surface area contributed by atoms with Crippen molar-refractivity contribution in [2.75, 3.05) is 45.8 Å². The smallest absolute Gasteiger partial charge is 0.317 e. The van der Waals surface area contributed by atoms with Crippen LogP contribution in [0.2, 0.25) is 0 Å². The number of aliphatic hydroxyl groups is 1. The number of piperazine rings is 1. The molecule has 2 fully saturated rings. The molecule has 4 amide bonds. The van der Waals surface area contributed by atoms with Crippen LogP contribution in [-0.4, -0.2) is 89.6 Å². The van der Waals surface area contributed by atoms with E-state index in [1.807, 2.05) is 23.6 Å². The second kappa shape index (κ2) is 12.0. The first-order chi connectivity index (χ1) is 13.9. The van der Waals surface area contributed by atoms with Crippen LogP contribution in [-0.2, 0) is 9.59 Å². The molecule has 2 aliphatic heterocycles. The minimum absolute atomic E-state index is 0.107. The fraction of sp³-hybridized carbons (Fsp3) is 0.857. The van der Waals surface area contributed by atoms with Gasteiger partial charge in [-0.1, -0.05) is 20.3 Å². The van der Waals surface area contributed by atoms with Gasteiger partial charge in [0.05, 0.1) is 6.10 Å². The van der Waals surface area contributed by atoms with Crippen molar-refractivity contribution < 1.29 is 19.5 Å². The molecular formula is C21H38N4O4. The van der Waals surface area contributed by atoms with Crippen molar-refractivity contribution in [3.63, 3.8) is 0 Å². The Labute approximate surface area is 174 Å². The zero-order chi connectivity index (χ0) is 21.2. The van der Waals surface area contributed by atoms with Crippen molar-refractivity contribution in [1.82, 2.24) is 20.0 Å². The molecule has 0 unspecified atom stereocenters. The van der Waals surface area contributed by atoms with Gasteiger partial charge >= 0.3 is 6.03 Å². The molecule has 0 radical (unpaired) electrons. The Kier molecular flexibility index (Phi) is 9.70. The molecule has 0 aromatic rings. The summed E-state index contributed by atoms with van der Waals surface area (Å²) in [5, 5.41) is 12.5. The minimum atomic E-state index is -0.407. The number of nitrogens with one attached hydrogen (secondary N) is 1. The molecule has 2 saturated heterocycles. The fourth-order valence-corrected chi connectivity index (χ4v) is 3.87. The number of hydrogen-bond acceptors (Lipinski definition) is 4. The topological polar surface area (TPSA) is 93.2 Å². The van der Waals surface area contributed by atoms with Crippen LogP contribution in [0.4, 0.5) is 4.79 Å². The molecule has 0 aromatic heterocycles. The molecule has 0 bridgehead atoms. The van der Waals surface area contributed by atoms with Gasteiger partial charge in [-0.25, -0.2) is 4.79 Å². The molecule has 29 heavy (non-hydrogen) atoms. The predicted octanol–water partition coefficient (Wildman–Crippen LogP) is 1.43. The third kappa shape index (κ3) is 8.20. The highest BCUT2D eigenvalue weighted by Gasteiger charge is 2.24. The third-order valence-electron chi connectivity index (χ3n) is 5.60. The maximum absolute atomic E-state index is 12.4. The highest BCUT2D eigenvalue weighted by atomic mass is 16.3. The Morgan fingerprint density at radius 3 is 2.21 bits per heavy atom. The van der Waals surface area contributed by atoms with Crippen LogP contribution in [0, 0.1) is 5.92 Å². The Morgan fingerprint density at radius 1 is 0.931 bits per heavy atom. The summed E-state index contributed by atoms with van der Waals surface area (Å²) in [5.41, 5.74) is 0. The van der Waals surface area contributed by atoms with E-state index in [1.165, 1.54) is 0 Å². The van der Waals surface area contributed by atoms with E-state index in [0.717, 1.165) is 32.1 Å². The monoisotopic (exact) mass is 410 g/mol. The van der Waals surface area contributed by atoms with Crippen molar-refractivity contribution in [3.8, 4) is 0 Å². The van der Waals surface area contributed by atoms with Crippen molar-refractivity contribution in [2.45, 2.75) is 64.9 Å². The number of hydrogen-bond donors (Lipinski definition) is 2. The normalized spacial score (nSPS) is 20.1. The van der Waals surface area contributed by atoms with Crippen LogP contribution in [0.25, 0.3) is 0 Å². The van der Waals surface area contributed by atoms with Gasteiger partial charge in [0.25, 0.3) is 0 Å². The highest BCUT2D eigenvalue weighted by Crippen LogP contribution is 2.11.